The minimum absolute atomic E-state index is 0.215. The van der Waals surface area contributed by atoms with Gasteiger partial charge in [-0.2, -0.15) is 0 Å². The van der Waals surface area contributed by atoms with Crippen molar-refractivity contribution in [2.75, 3.05) is 6.61 Å². The van der Waals surface area contributed by atoms with Crippen molar-refractivity contribution in [2.45, 2.75) is 59.9 Å². The lowest BCUT2D eigenvalue weighted by Gasteiger charge is -2.21. The molecule has 0 fully saturated rings. The van der Waals surface area contributed by atoms with E-state index in [9.17, 15) is 14.0 Å². The van der Waals surface area contributed by atoms with E-state index in [1.54, 1.807) is 41.5 Å². The molecule has 0 aliphatic heterocycles. The third-order valence-corrected chi connectivity index (χ3v) is 2.16. The summed E-state index contributed by atoms with van der Waals surface area (Å²) in [5.74, 6) is -0.786. The molecular formula is C13H24FNO3. The SMILES string of the molecule is CC(C)(C)OCC(=O)N[C@H](F)CC(=O)C(C)(C)C. The van der Waals surface area contributed by atoms with Crippen molar-refractivity contribution in [1.29, 1.82) is 0 Å². The number of alkyl halides is 1. The summed E-state index contributed by atoms with van der Waals surface area (Å²) in [7, 11) is 0. The summed E-state index contributed by atoms with van der Waals surface area (Å²) in [4.78, 5) is 22.9. The van der Waals surface area contributed by atoms with E-state index in [4.69, 9.17) is 4.74 Å². The summed E-state index contributed by atoms with van der Waals surface area (Å²) in [6.45, 7) is 10.3. The lowest BCUT2D eigenvalue weighted by Crippen LogP contribution is -2.39. The van der Waals surface area contributed by atoms with Crippen molar-refractivity contribution in [2.24, 2.45) is 5.41 Å². The van der Waals surface area contributed by atoms with Crippen LogP contribution in [0, 0.1) is 5.41 Å². The van der Waals surface area contributed by atoms with Gasteiger partial charge in [0.15, 0.2) is 6.30 Å². The molecule has 0 spiro atoms. The number of hydrogen-bond acceptors (Lipinski definition) is 3. The molecule has 0 radical (unpaired) electrons. The second kappa shape index (κ2) is 6.27. The van der Waals surface area contributed by atoms with Crippen molar-refractivity contribution in [1.82, 2.24) is 5.32 Å². The largest absolute Gasteiger partial charge is 0.366 e. The van der Waals surface area contributed by atoms with Crippen LogP contribution in [0.5, 0.6) is 0 Å². The topological polar surface area (TPSA) is 55.4 Å². The Hall–Kier alpha value is -0.970. The zero-order valence-corrected chi connectivity index (χ0v) is 12.1. The molecule has 106 valence electrons. The van der Waals surface area contributed by atoms with E-state index in [0.29, 0.717) is 0 Å². The third kappa shape index (κ3) is 8.17. The number of amides is 1. The van der Waals surface area contributed by atoms with E-state index in [1.165, 1.54) is 0 Å². The molecule has 0 saturated carbocycles. The van der Waals surface area contributed by atoms with E-state index in [2.05, 4.69) is 5.32 Å². The van der Waals surface area contributed by atoms with Gasteiger partial charge in [-0.15, -0.1) is 0 Å². The Bertz CT molecular complexity index is 302. The Kier molecular flexibility index (Phi) is 5.93. The highest BCUT2D eigenvalue weighted by Gasteiger charge is 2.25. The smallest absolute Gasteiger partial charge is 0.248 e. The number of halogens is 1. The highest BCUT2D eigenvalue weighted by Crippen LogP contribution is 2.18. The van der Waals surface area contributed by atoms with Gasteiger partial charge in [-0.1, -0.05) is 20.8 Å². The van der Waals surface area contributed by atoms with Gasteiger partial charge in [0.2, 0.25) is 5.91 Å². The summed E-state index contributed by atoms with van der Waals surface area (Å²) in [5.41, 5.74) is -1.05. The van der Waals surface area contributed by atoms with Gasteiger partial charge in [0.05, 0.1) is 12.0 Å². The number of rotatable bonds is 5. The van der Waals surface area contributed by atoms with Crippen LogP contribution in [0.15, 0.2) is 0 Å². The molecule has 5 heteroatoms. The molecule has 1 N–H and O–H groups in total. The fourth-order valence-electron chi connectivity index (χ4n) is 1.02. The number of hydrogen-bond donors (Lipinski definition) is 1. The molecule has 1 amide bonds. The molecule has 0 saturated heterocycles. The lowest BCUT2D eigenvalue weighted by molar-refractivity contribution is -0.133. The molecule has 0 aromatic carbocycles. The molecule has 4 nitrogen and oxygen atoms in total. The van der Waals surface area contributed by atoms with Crippen LogP contribution in [0.2, 0.25) is 0 Å². The second-order valence-corrected chi connectivity index (χ2v) is 6.31. The first-order valence-electron chi connectivity index (χ1n) is 6.02. The number of ketones is 1. The Morgan fingerprint density at radius 2 is 1.67 bits per heavy atom. The van der Waals surface area contributed by atoms with Crippen molar-refractivity contribution in [3.63, 3.8) is 0 Å². The van der Waals surface area contributed by atoms with Crippen LogP contribution in [-0.2, 0) is 14.3 Å². The Labute approximate surface area is 108 Å². The first-order valence-corrected chi connectivity index (χ1v) is 6.02. The van der Waals surface area contributed by atoms with Gasteiger partial charge >= 0.3 is 0 Å². The minimum atomic E-state index is -1.66. The van der Waals surface area contributed by atoms with Gasteiger partial charge in [-0.25, -0.2) is 4.39 Å². The predicted octanol–water partition coefficient (Wildman–Crippen LogP) is 2.22. The summed E-state index contributed by atoms with van der Waals surface area (Å²) in [6.07, 6.45) is -1.97. The maximum Gasteiger partial charge on any atom is 0.248 e. The normalized spacial score (nSPS) is 14.2. The lowest BCUT2D eigenvalue weighted by atomic mass is 9.89. The quantitative estimate of drug-likeness (QED) is 0.772. The van der Waals surface area contributed by atoms with Crippen LogP contribution in [0.3, 0.4) is 0 Å². The van der Waals surface area contributed by atoms with E-state index in [1.807, 2.05) is 0 Å². The average molecular weight is 261 g/mol. The molecular weight excluding hydrogens is 237 g/mol. The fourth-order valence-corrected chi connectivity index (χ4v) is 1.02. The first kappa shape index (κ1) is 17.0. The van der Waals surface area contributed by atoms with Crippen LogP contribution in [-0.4, -0.2) is 30.2 Å². The monoisotopic (exact) mass is 261 g/mol. The summed E-state index contributed by atoms with van der Waals surface area (Å²) < 4.78 is 18.6. The maximum absolute atomic E-state index is 13.4. The first-order chi connectivity index (χ1) is 7.92. The average Bonchev–Trinajstić information content (AvgIpc) is 2.11. The number of carbonyl (C=O) groups excluding carboxylic acids is 2. The maximum atomic E-state index is 13.4. The molecule has 0 heterocycles. The van der Waals surface area contributed by atoms with E-state index in [-0.39, 0.29) is 18.8 Å². The summed E-state index contributed by atoms with van der Waals surface area (Å²) >= 11 is 0. The van der Waals surface area contributed by atoms with Crippen LogP contribution >= 0.6 is 0 Å². The molecule has 0 aromatic heterocycles. The number of nitrogens with one attached hydrogen (secondary N) is 1. The number of ether oxygens (including phenoxy) is 1. The van der Waals surface area contributed by atoms with Gasteiger partial charge in [0.1, 0.15) is 12.4 Å². The number of carbonyl (C=O) groups is 2. The van der Waals surface area contributed by atoms with Gasteiger partial charge < -0.3 is 10.1 Å². The zero-order valence-electron chi connectivity index (χ0n) is 12.1. The second-order valence-electron chi connectivity index (χ2n) is 6.31. The molecule has 0 aromatic rings. The predicted molar refractivity (Wildman–Crippen MR) is 67.8 cm³/mol. The van der Waals surface area contributed by atoms with Crippen LogP contribution < -0.4 is 5.32 Å². The highest BCUT2D eigenvalue weighted by molar-refractivity contribution is 5.85. The van der Waals surface area contributed by atoms with E-state index < -0.39 is 23.2 Å². The standard InChI is InChI=1S/C13H24FNO3/c1-12(2,3)9(16)7-10(14)15-11(17)8-18-13(4,5)6/h10H,7-8H2,1-6H3,(H,15,17)/t10-/m0/s1. The van der Waals surface area contributed by atoms with Gasteiger partial charge in [0.25, 0.3) is 0 Å². The fraction of sp³-hybridized carbons (Fsp3) is 0.846. The molecule has 0 unspecified atom stereocenters. The van der Waals surface area contributed by atoms with Gasteiger partial charge in [-0.3, -0.25) is 9.59 Å². The van der Waals surface area contributed by atoms with Crippen molar-refractivity contribution in [3.8, 4) is 0 Å². The van der Waals surface area contributed by atoms with Crippen molar-refractivity contribution >= 4 is 11.7 Å². The van der Waals surface area contributed by atoms with Crippen molar-refractivity contribution < 1.29 is 18.7 Å². The summed E-state index contributed by atoms with van der Waals surface area (Å²) in [6, 6.07) is 0. The van der Waals surface area contributed by atoms with Gasteiger partial charge in [0, 0.05) is 5.41 Å². The van der Waals surface area contributed by atoms with Crippen LogP contribution in [0.25, 0.3) is 0 Å². The Morgan fingerprint density at radius 1 is 1.17 bits per heavy atom. The Morgan fingerprint density at radius 3 is 2.06 bits per heavy atom. The molecule has 0 aliphatic rings. The molecule has 0 aliphatic carbocycles. The van der Waals surface area contributed by atoms with E-state index >= 15 is 0 Å². The van der Waals surface area contributed by atoms with E-state index in [0.717, 1.165) is 0 Å². The molecule has 0 bridgehead atoms. The highest BCUT2D eigenvalue weighted by atomic mass is 19.1. The molecule has 0 rings (SSSR count). The van der Waals surface area contributed by atoms with Crippen LogP contribution in [0.4, 0.5) is 4.39 Å². The van der Waals surface area contributed by atoms with Crippen LogP contribution in [0.1, 0.15) is 48.0 Å². The van der Waals surface area contributed by atoms with Crippen molar-refractivity contribution in [3.05, 3.63) is 0 Å². The minimum Gasteiger partial charge on any atom is -0.366 e. The number of Topliss-reactive ketones (excluding diaryl/α,β-unsaturated/α-hetero) is 1. The molecule has 18 heavy (non-hydrogen) atoms. The summed E-state index contributed by atoms with van der Waals surface area (Å²) in [5, 5.41) is 2.10. The Balaban J connectivity index is 4.06. The van der Waals surface area contributed by atoms with Gasteiger partial charge in [-0.05, 0) is 20.8 Å². The zero-order chi connectivity index (χ0) is 14.6. The molecule has 1 atom stereocenters. The third-order valence-electron chi connectivity index (χ3n) is 2.16.